The van der Waals surface area contributed by atoms with E-state index in [2.05, 4.69) is 19.1 Å². The molecule has 5 heteroatoms. The van der Waals surface area contributed by atoms with Crippen LogP contribution in [0.2, 0.25) is 0 Å². The fraction of sp³-hybridized carbons (Fsp3) is 0.438. The highest BCUT2D eigenvalue weighted by Crippen LogP contribution is 2.43. The monoisotopic (exact) mass is 319 g/mol. The molecule has 0 bridgehead atoms. The fourth-order valence-corrected chi connectivity index (χ4v) is 5.39. The van der Waals surface area contributed by atoms with Gasteiger partial charge in [-0.15, -0.1) is 22.7 Å². The molecule has 3 heterocycles. The summed E-state index contributed by atoms with van der Waals surface area (Å²) in [7, 11) is 0. The molecule has 1 amide bonds. The number of morpholine rings is 1. The van der Waals surface area contributed by atoms with Crippen LogP contribution in [0, 0.1) is 6.92 Å². The minimum Gasteiger partial charge on any atom is -0.378 e. The lowest BCUT2D eigenvalue weighted by Crippen LogP contribution is -2.40. The topological polar surface area (TPSA) is 29.5 Å². The van der Waals surface area contributed by atoms with Crippen molar-refractivity contribution in [1.82, 2.24) is 4.90 Å². The van der Waals surface area contributed by atoms with Gasteiger partial charge in [0.25, 0.3) is 5.91 Å². The summed E-state index contributed by atoms with van der Waals surface area (Å²) in [4.78, 5) is 19.6. The minimum absolute atomic E-state index is 0.172. The zero-order valence-electron chi connectivity index (χ0n) is 12.0. The Kier molecular flexibility index (Phi) is 3.36. The first-order valence-corrected chi connectivity index (χ1v) is 8.95. The maximum atomic E-state index is 12.6. The van der Waals surface area contributed by atoms with Crippen LogP contribution in [0.4, 0.5) is 0 Å². The average Bonchev–Trinajstić information content (AvgIpc) is 3.09. The molecule has 0 spiro atoms. The van der Waals surface area contributed by atoms with Crippen molar-refractivity contribution < 1.29 is 9.53 Å². The average molecular weight is 319 g/mol. The molecule has 1 aliphatic heterocycles. The van der Waals surface area contributed by atoms with Crippen molar-refractivity contribution in [2.45, 2.75) is 19.8 Å². The molecule has 0 unspecified atom stereocenters. The Balaban J connectivity index is 1.68. The highest BCUT2D eigenvalue weighted by molar-refractivity contribution is 7.18. The number of nitrogens with zero attached hydrogens (tertiary/aromatic N) is 1. The van der Waals surface area contributed by atoms with Crippen molar-refractivity contribution in [3.63, 3.8) is 0 Å². The Hall–Kier alpha value is -1.17. The van der Waals surface area contributed by atoms with Crippen LogP contribution in [-0.2, 0) is 17.6 Å². The summed E-state index contributed by atoms with van der Waals surface area (Å²) in [5.41, 5.74) is 2.71. The van der Waals surface area contributed by atoms with Gasteiger partial charge in [-0.05, 0) is 37.5 Å². The minimum atomic E-state index is 0.172. The van der Waals surface area contributed by atoms with Crippen LogP contribution in [0.15, 0.2) is 12.1 Å². The molecule has 0 aromatic carbocycles. The Morgan fingerprint density at radius 1 is 1.19 bits per heavy atom. The molecule has 2 aromatic heterocycles. The predicted molar refractivity (Wildman–Crippen MR) is 86.5 cm³/mol. The summed E-state index contributed by atoms with van der Waals surface area (Å²) >= 11 is 3.56. The maximum absolute atomic E-state index is 12.6. The van der Waals surface area contributed by atoms with Crippen LogP contribution in [0.25, 0.3) is 10.4 Å². The lowest BCUT2D eigenvalue weighted by molar-refractivity contribution is 0.0306. The second-order valence-corrected chi connectivity index (χ2v) is 7.96. The second-order valence-electron chi connectivity index (χ2n) is 5.56. The van der Waals surface area contributed by atoms with Gasteiger partial charge < -0.3 is 9.64 Å². The number of aryl methyl sites for hydroxylation is 3. The van der Waals surface area contributed by atoms with Crippen molar-refractivity contribution in [2.75, 3.05) is 26.3 Å². The van der Waals surface area contributed by atoms with Crippen molar-refractivity contribution in [2.24, 2.45) is 0 Å². The van der Waals surface area contributed by atoms with E-state index in [4.69, 9.17) is 4.74 Å². The van der Waals surface area contributed by atoms with E-state index in [0.717, 1.165) is 17.7 Å². The summed E-state index contributed by atoms with van der Waals surface area (Å²) in [5.74, 6) is 0.172. The van der Waals surface area contributed by atoms with Gasteiger partial charge in [0, 0.05) is 33.3 Å². The lowest BCUT2D eigenvalue weighted by atomic mass is 9.98. The number of fused-ring (bicyclic) bond motifs is 3. The SMILES string of the molecule is Cc1cc2c(s1)CCc1cc(C(=O)N3CCOCC3)sc1-2. The Morgan fingerprint density at radius 3 is 2.81 bits per heavy atom. The smallest absolute Gasteiger partial charge is 0.264 e. The van der Waals surface area contributed by atoms with Crippen molar-refractivity contribution in [3.05, 3.63) is 32.3 Å². The zero-order chi connectivity index (χ0) is 14.4. The summed E-state index contributed by atoms with van der Waals surface area (Å²) in [6, 6.07) is 4.39. The molecule has 2 aliphatic rings. The molecular weight excluding hydrogens is 302 g/mol. The van der Waals surface area contributed by atoms with Crippen molar-refractivity contribution in [1.29, 1.82) is 0 Å². The second kappa shape index (κ2) is 5.23. The fourth-order valence-electron chi connectivity index (χ4n) is 3.06. The number of ether oxygens (including phenoxy) is 1. The molecule has 2 aromatic rings. The van der Waals surface area contributed by atoms with Gasteiger partial charge in [0.05, 0.1) is 18.1 Å². The van der Waals surface area contributed by atoms with E-state index in [1.165, 1.54) is 25.8 Å². The molecule has 1 saturated heterocycles. The number of amides is 1. The van der Waals surface area contributed by atoms with E-state index in [0.29, 0.717) is 26.3 Å². The standard InChI is InChI=1S/C16H17NO2S2/c1-10-8-12-13(20-10)3-2-11-9-14(21-15(11)12)16(18)17-4-6-19-7-5-17/h8-9H,2-7H2,1H3. The number of carbonyl (C=O) groups is 1. The molecule has 21 heavy (non-hydrogen) atoms. The van der Waals surface area contributed by atoms with Gasteiger partial charge in [-0.2, -0.15) is 0 Å². The first kappa shape index (κ1) is 13.5. The van der Waals surface area contributed by atoms with Crippen molar-refractivity contribution >= 4 is 28.6 Å². The molecule has 1 aliphatic carbocycles. The summed E-state index contributed by atoms with van der Waals surface area (Å²) in [5, 5.41) is 0. The molecule has 1 fully saturated rings. The molecule has 0 atom stereocenters. The van der Waals surface area contributed by atoms with E-state index in [9.17, 15) is 4.79 Å². The van der Waals surface area contributed by atoms with Gasteiger partial charge in [0.15, 0.2) is 0 Å². The van der Waals surface area contributed by atoms with E-state index < -0.39 is 0 Å². The van der Waals surface area contributed by atoms with Crippen LogP contribution in [0.1, 0.15) is 25.0 Å². The van der Waals surface area contributed by atoms with E-state index in [-0.39, 0.29) is 5.91 Å². The third kappa shape index (κ3) is 2.33. The highest BCUT2D eigenvalue weighted by atomic mass is 32.1. The molecule has 4 rings (SSSR count). The van der Waals surface area contributed by atoms with Crippen LogP contribution in [0.5, 0.6) is 0 Å². The third-order valence-electron chi connectivity index (χ3n) is 4.12. The maximum Gasteiger partial charge on any atom is 0.264 e. The molecule has 3 nitrogen and oxygen atoms in total. The first-order valence-electron chi connectivity index (χ1n) is 7.32. The quantitative estimate of drug-likeness (QED) is 0.807. The van der Waals surface area contributed by atoms with Gasteiger partial charge in [-0.3, -0.25) is 4.79 Å². The van der Waals surface area contributed by atoms with Gasteiger partial charge in [-0.25, -0.2) is 0 Å². The first-order chi connectivity index (χ1) is 10.2. The number of hydrogen-bond acceptors (Lipinski definition) is 4. The highest BCUT2D eigenvalue weighted by Gasteiger charge is 2.26. The normalized spacial score (nSPS) is 17.5. The molecular formula is C16H17NO2S2. The molecule has 0 N–H and O–H groups in total. The van der Waals surface area contributed by atoms with E-state index >= 15 is 0 Å². The van der Waals surface area contributed by atoms with Crippen LogP contribution < -0.4 is 0 Å². The van der Waals surface area contributed by atoms with Crippen LogP contribution >= 0.6 is 22.7 Å². The summed E-state index contributed by atoms with van der Waals surface area (Å²) in [6.45, 7) is 4.90. The third-order valence-corrected chi connectivity index (χ3v) is 6.43. The summed E-state index contributed by atoms with van der Waals surface area (Å²) in [6.07, 6.45) is 2.18. The van der Waals surface area contributed by atoms with Crippen LogP contribution in [-0.4, -0.2) is 37.1 Å². The van der Waals surface area contributed by atoms with Crippen LogP contribution in [0.3, 0.4) is 0 Å². The number of thiophene rings is 2. The Labute approximate surface area is 132 Å². The number of rotatable bonds is 1. The Morgan fingerprint density at radius 2 is 2.00 bits per heavy atom. The molecule has 0 saturated carbocycles. The van der Waals surface area contributed by atoms with E-state index in [1.807, 2.05) is 16.2 Å². The number of carbonyl (C=O) groups excluding carboxylic acids is 1. The zero-order valence-corrected chi connectivity index (χ0v) is 13.6. The van der Waals surface area contributed by atoms with Crippen molar-refractivity contribution in [3.8, 4) is 10.4 Å². The van der Waals surface area contributed by atoms with Gasteiger partial charge in [-0.1, -0.05) is 0 Å². The number of hydrogen-bond donors (Lipinski definition) is 0. The largest absolute Gasteiger partial charge is 0.378 e. The predicted octanol–water partition coefficient (Wildman–Crippen LogP) is 3.36. The van der Waals surface area contributed by atoms with Gasteiger partial charge in [0.1, 0.15) is 0 Å². The summed E-state index contributed by atoms with van der Waals surface area (Å²) < 4.78 is 5.33. The van der Waals surface area contributed by atoms with Gasteiger partial charge in [0.2, 0.25) is 0 Å². The molecule has 0 radical (unpaired) electrons. The molecule has 110 valence electrons. The lowest BCUT2D eigenvalue weighted by Gasteiger charge is -2.26. The van der Waals surface area contributed by atoms with Gasteiger partial charge >= 0.3 is 0 Å². The van der Waals surface area contributed by atoms with E-state index in [1.54, 1.807) is 11.3 Å². The Bertz CT molecular complexity index is 695.